The molecule has 3 aliphatic rings. The van der Waals surface area contributed by atoms with E-state index in [1.807, 2.05) is 56.3 Å². The van der Waals surface area contributed by atoms with Gasteiger partial charge in [-0.3, -0.25) is 4.79 Å². The zero-order valence-corrected chi connectivity index (χ0v) is 22.2. The number of alkyl carbamates (subject to hydrolysis) is 1. The number of rotatable bonds is 6. The molecule has 38 heavy (non-hydrogen) atoms. The molecule has 2 aliphatic heterocycles. The van der Waals surface area contributed by atoms with Gasteiger partial charge < -0.3 is 33.7 Å². The maximum Gasteiger partial charge on any atom is 0.407 e. The molecule has 0 saturated carbocycles. The largest absolute Gasteiger partial charge is 0.484 e. The number of aldehydes is 1. The summed E-state index contributed by atoms with van der Waals surface area (Å²) in [6, 6.07) is 10.8. The van der Waals surface area contributed by atoms with Crippen LogP contribution in [0, 0.1) is 0 Å². The Balaban J connectivity index is 1.54. The van der Waals surface area contributed by atoms with Gasteiger partial charge in [-0.05, 0) is 51.8 Å². The van der Waals surface area contributed by atoms with Crippen LogP contribution in [0.1, 0.15) is 62.0 Å². The summed E-state index contributed by atoms with van der Waals surface area (Å²) < 4.78 is 35.4. The highest BCUT2D eigenvalue weighted by Gasteiger charge is 2.50. The molecule has 5 rings (SSSR count). The topological polar surface area (TPSA) is 102 Å². The molecule has 0 aromatic heterocycles. The Bertz CT molecular complexity index is 1230. The molecule has 2 heterocycles. The summed E-state index contributed by atoms with van der Waals surface area (Å²) >= 11 is 0. The maximum absolute atomic E-state index is 12.9. The summed E-state index contributed by atoms with van der Waals surface area (Å²) in [4.78, 5) is 25.5. The minimum atomic E-state index is -0.852. The zero-order valence-electron chi connectivity index (χ0n) is 22.2. The molecule has 2 aromatic rings. The highest BCUT2D eigenvalue weighted by atomic mass is 16.8. The molecule has 202 valence electrons. The first-order chi connectivity index (χ1) is 18.0. The quantitative estimate of drug-likeness (QED) is 0.423. The number of carbonyl (C=O) groups is 2. The van der Waals surface area contributed by atoms with E-state index in [4.69, 9.17) is 28.4 Å². The van der Waals surface area contributed by atoms with Gasteiger partial charge in [0.2, 0.25) is 12.5 Å². The second kappa shape index (κ2) is 9.96. The van der Waals surface area contributed by atoms with Crippen LogP contribution < -0.4 is 19.5 Å². The van der Waals surface area contributed by atoms with Crippen molar-refractivity contribution in [3.05, 3.63) is 65.2 Å². The van der Waals surface area contributed by atoms with Gasteiger partial charge in [-0.2, -0.15) is 0 Å². The maximum atomic E-state index is 12.9. The fraction of sp³-hybridized carbons (Fsp3) is 0.448. The monoisotopic (exact) mass is 523 g/mol. The minimum Gasteiger partial charge on any atom is -0.484 e. The van der Waals surface area contributed by atoms with E-state index < -0.39 is 35.5 Å². The molecule has 0 spiro atoms. The lowest BCUT2D eigenvalue weighted by Crippen LogP contribution is -2.53. The summed E-state index contributed by atoms with van der Waals surface area (Å²) in [5.41, 5.74) is 1.16. The Hall–Kier alpha value is -3.56. The van der Waals surface area contributed by atoms with Gasteiger partial charge in [-0.1, -0.05) is 42.5 Å². The van der Waals surface area contributed by atoms with Crippen LogP contribution in [0.25, 0.3) is 0 Å². The van der Waals surface area contributed by atoms with Crippen LogP contribution in [0.5, 0.6) is 17.2 Å². The van der Waals surface area contributed by atoms with Gasteiger partial charge in [0.15, 0.2) is 23.6 Å². The molecule has 9 nitrogen and oxygen atoms in total. The van der Waals surface area contributed by atoms with E-state index in [2.05, 4.69) is 5.32 Å². The number of hydrogen-bond donors (Lipinski definition) is 1. The van der Waals surface area contributed by atoms with E-state index >= 15 is 0 Å². The molecule has 0 unspecified atom stereocenters. The highest BCUT2D eigenvalue weighted by molar-refractivity contribution is 5.86. The number of fused-ring (bicyclic) bond motifs is 2. The smallest absolute Gasteiger partial charge is 0.407 e. The third-order valence-electron chi connectivity index (χ3n) is 6.49. The molecule has 1 fully saturated rings. The van der Waals surface area contributed by atoms with Gasteiger partial charge in [-0.15, -0.1) is 0 Å². The van der Waals surface area contributed by atoms with Crippen molar-refractivity contribution in [3.63, 3.8) is 0 Å². The second-order valence-corrected chi connectivity index (χ2v) is 11.0. The molecule has 1 aliphatic carbocycles. The molecule has 9 heteroatoms. The minimum absolute atomic E-state index is 0.00864. The van der Waals surface area contributed by atoms with E-state index in [0.717, 1.165) is 11.8 Å². The second-order valence-electron chi connectivity index (χ2n) is 11.0. The predicted octanol–water partition coefficient (Wildman–Crippen LogP) is 4.87. The first-order valence-corrected chi connectivity index (χ1v) is 12.7. The van der Waals surface area contributed by atoms with Gasteiger partial charge >= 0.3 is 6.09 Å². The number of amides is 1. The summed E-state index contributed by atoms with van der Waals surface area (Å²) in [5, 5.41) is 2.98. The van der Waals surface area contributed by atoms with Gasteiger partial charge in [-0.25, -0.2) is 4.79 Å². The Morgan fingerprint density at radius 1 is 1.13 bits per heavy atom. The fourth-order valence-electron chi connectivity index (χ4n) is 5.03. The molecular weight excluding hydrogens is 490 g/mol. The number of nitrogens with one attached hydrogen (secondary N) is 1. The van der Waals surface area contributed by atoms with Gasteiger partial charge in [0.1, 0.15) is 24.4 Å². The fourth-order valence-corrected chi connectivity index (χ4v) is 5.03. The standard InChI is InChI=1S/C29H33NO8/c1-28(2,3)38-27(32)30-23-18(11-12-21-25(23)37-29(4,5)36-21)19-13-22-26(35-16-34-22)24(20(19)14-31)33-15-17-9-7-6-8-10-17/h6-14,18,21,23,25H,15-16H2,1-5H3,(H,30,32)/t18-,21-,23-,25-/m1/s1. The van der Waals surface area contributed by atoms with Gasteiger partial charge in [0, 0.05) is 5.92 Å². The van der Waals surface area contributed by atoms with E-state index in [9.17, 15) is 9.59 Å². The third-order valence-corrected chi connectivity index (χ3v) is 6.49. The first-order valence-electron chi connectivity index (χ1n) is 12.7. The Morgan fingerprint density at radius 2 is 1.89 bits per heavy atom. The number of carbonyl (C=O) groups excluding carboxylic acids is 2. The van der Waals surface area contributed by atoms with Crippen LogP contribution >= 0.6 is 0 Å². The van der Waals surface area contributed by atoms with Crippen LogP contribution in [-0.2, 0) is 20.8 Å². The molecular formula is C29H33NO8. The summed E-state index contributed by atoms with van der Waals surface area (Å²) in [7, 11) is 0. The Kier molecular flexibility index (Phi) is 6.83. The van der Waals surface area contributed by atoms with E-state index in [1.54, 1.807) is 26.8 Å². The third kappa shape index (κ3) is 5.35. The van der Waals surface area contributed by atoms with Gasteiger partial charge in [0.25, 0.3) is 0 Å². The van der Waals surface area contributed by atoms with Crippen molar-refractivity contribution in [2.75, 3.05) is 6.79 Å². The van der Waals surface area contributed by atoms with Crippen molar-refractivity contribution >= 4 is 12.4 Å². The normalized spacial score (nSPS) is 25.0. The highest BCUT2D eigenvalue weighted by Crippen LogP contribution is 2.49. The van der Waals surface area contributed by atoms with Crippen molar-refractivity contribution in [2.24, 2.45) is 0 Å². The molecule has 2 aromatic carbocycles. The molecule has 4 atom stereocenters. The molecule has 1 N–H and O–H groups in total. The van der Waals surface area contributed by atoms with Crippen LogP contribution in [0.4, 0.5) is 4.79 Å². The molecule has 0 bridgehead atoms. The van der Waals surface area contributed by atoms with Crippen LogP contribution in [0.15, 0.2) is 48.6 Å². The van der Waals surface area contributed by atoms with Crippen molar-refractivity contribution in [1.82, 2.24) is 5.32 Å². The summed E-state index contributed by atoms with van der Waals surface area (Å²) in [6.45, 7) is 9.28. The SMILES string of the molecule is CC(C)(C)OC(=O)N[C@H]1[C@@H]2OC(C)(C)O[C@@H]2C=C[C@@H]1c1cc2c(c(OCc3ccccc3)c1C=O)OCO2. The van der Waals surface area contributed by atoms with Crippen molar-refractivity contribution in [2.45, 2.75) is 76.8 Å². The van der Waals surface area contributed by atoms with Crippen LogP contribution in [-0.4, -0.2) is 48.8 Å². The average Bonchev–Trinajstić information content (AvgIpc) is 3.44. The van der Waals surface area contributed by atoms with Crippen molar-refractivity contribution in [1.29, 1.82) is 0 Å². The van der Waals surface area contributed by atoms with E-state index in [0.29, 0.717) is 28.4 Å². The number of ether oxygens (including phenoxy) is 6. The molecule has 1 saturated heterocycles. The zero-order chi connectivity index (χ0) is 27.1. The summed E-state index contributed by atoms with van der Waals surface area (Å²) in [5.74, 6) is -0.194. The van der Waals surface area contributed by atoms with Gasteiger partial charge in [0.05, 0.1) is 11.6 Å². The lowest BCUT2D eigenvalue weighted by atomic mass is 9.79. The molecule has 0 radical (unpaired) electrons. The number of hydrogen-bond acceptors (Lipinski definition) is 8. The van der Waals surface area contributed by atoms with Crippen molar-refractivity contribution in [3.8, 4) is 17.2 Å². The van der Waals surface area contributed by atoms with Crippen molar-refractivity contribution < 1.29 is 38.0 Å². The molecule has 1 amide bonds. The lowest BCUT2D eigenvalue weighted by molar-refractivity contribution is -0.145. The van der Waals surface area contributed by atoms with E-state index in [-0.39, 0.29) is 19.5 Å². The van der Waals surface area contributed by atoms with Crippen LogP contribution in [0.2, 0.25) is 0 Å². The first kappa shape index (κ1) is 26.1. The average molecular weight is 524 g/mol. The Labute approximate surface area is 222 Å². The summed E-state index contributed by atoms with van der Waals surface area (Å²) in [6.07, 6.45) is 3.07. The van der Waals surface area contributed by atoms with Crippen LogP contribution in [0.3, 0.4) is 0 Å². The Morgan fingerprint density at radius 3 is 2.61 bits per heavy atom. The number of benzene rings is 2. The van der Waals surface area contributed by atoms with E-state index in [1.165, 1.54) is 0 Å². The predicted molar refractivity (Wildman–Crippen MR) is 138 cm³/mol. The lowest BCUT2D eigenvalue weighted by Gasteiger charge is -2.36.